The second-order valence-electron chi connectivity index (χ2n) is 7.83. The standard InChI is InChI=1S/C23H23N3O4S2/c1-15(2)26-20-12-11-17(13-21(20)31-23(26)28)24-22(27)14-25(32(3,29)30)19-10-6-8-16-7-4-5-9-18(16)19/h4-13,15H,14H2,1-3H3,(H,24,27). The van der Waals surface area contributed by atoms with Crippen LogP contribution in [0.2, 0.25) is 0 Å². The molecule has 7 nitrogen and oxygen atoms in total. The van der Waals surface area contributed by atoms with E-state index in [0.717, 1.165) is 42.9 Å². The van der Waals surface area contributed by atoms with E-state index in [-0.39, 0.29) is 17.5 Å². The number of hydrogen-bond donors (Lipinski definition) is 1. The van der Waals surface area contributed by atoms with Crippen molar-refractivity contribution in [1.82, 2.24) is 4.57 Å². The lowest BCUT2D eigenvalue weighted by molar-refractivity contribution is -0.114. The first kappa shape index (κ1) is 22.0. The molecular weight excluding hydrogens is 446 g/mol. The van der Waals surface area contributed by atoms with Gasteiger partial charge in [-0.05, 0) is 43.5 Å². The van der Waals surface area contributed by atoms with Crippen LogP contribution in [0.15, 0.2) is 65.5 Å². The van der Waals surface area contributed by atoms with Crippen LogP contribution in [0.25, 0.3) is 21.0 Å². The number of rotatable bonds is 6. The zero-order chi connectivity index (χ0) is 23.0. The molecular formula is C23H23N3O4S2. The number of thiazole rings is 1. The smallest absolute Gasteiger partial charge is 0.308 e. The summed E-state index contributed by atoms with van der Waals surface area (Å²) in [6.45, 7) is 3.51. The van der Waals surface area contributed by atoms with Crippen molar-refractivity contribution in [3.63, 3.8) is 0 Å². The molecule has 0 aliphatic heterocycles. The van der Waals surface area contributed by atoms with E-state index in [1.807, 2.05) is 44.2 Å². The van der Waals surface area contributed by atoms with Crippen LogP contribution in [0.3, 0.4) is 0 Å². The van der Waals surface area contributed by atoms with Gasteiger partial charge in [0.1, 0.15) is 6.54 Å². The number of sulfonamides is 1. The van der Waals surface area contributed by atoms with Crippen molar-refractivity contribution in [3.05, 3.63) is 70.3 Å². The Hall–Kier alpha value is -3.17. The van der Waals surface area contributed by atoms with E-state index in [2.05, 4.69) is 5.32 Å². The molecule has 166 valence electrons. The van der Waals surface area contributed by atoms with Crippen molar-refractivity contribution in [1.29, 1.82) is 0 Å². The maximum Gasteiger partial charge on any atom is 0.308 e. The number of benzene rings is 3. The second-order valence-corrected chi connectivity index (χ2v) is 10.7. The molecule has 0 unspecified atom stereocenters. The van der Waals surface area contributed by atoms with Gasteiger partial charge in [0.15, 0.2) is 0 Å². The molecule has 0 saturated carbocycles. The number of amides is 1. The van der Waals surface area contributed by atoms with Gasteiger partial charge in [0.2, 0.25) is 15.9 Å². The molecule has 0 aliphatic carbocycles. The van der Waals surface area contributed by atoms with Crippen LogP contribution in [-0.2, 0) is 14.8 Å². The lowest BCUT2D eigenvalue weighted by atomic mass is 10.1. The lowest BCUT2D eigenvalue weighted by Crippen LogP contribution is -2.37. The predicted octanol–water partition coefficient (Wildman–Crippen LogP) is 4.20. The predicted molar refractivity (Wildman–Crippen MR) is 131 cm³/mol. The third kappa shape index (κ3) is 4.26. The Morgan fingerprint density at radius 3 is 2.53 bits per heavy atom. The SMILES string of the molecule is CC(C)n1c(=O)sc2cc(NC(=O)CN(c3cccc4ccccc34)S(C)(=O)=O)ccc21. The molecule has 4 rings (SSSR count). The van der Waals surface area contributed by atoms with Crippen molar-refractivity contribution >= 4 is 59.6 Å². The van der Waals surface area contributed by atoms with Gasteiger partial charge < -0.3 is 5.32 Å². The molecule has 3 aromatic carbocycles. The number of fused-ring (bicyclic) bond motifs is 2. The van der Waals surface area contributed by atoms with Gasteiger partial charge in [0.05, 0.1) is 22.2 Å². The lowest BCUT2D eigenvalue weighted by Gasteiger charge is -2.23. The van der Waals surface area contributed by atoms with Crippen LogP contribution in [0.1, 0.15) is 19.9 Å². The molecule has 4 aromatic rings. The summed E-state index contributed by atoms with van der Waals surface area (Å²) in [7, 11) is -3.71. The summed E-state index contributed by atoms with van der Waals surface area (Å²) in [4.78, 5) is 25.0. The maximum atomic E-state index is 12.8. The van der Waals surface area contributed by atoms with Gasteiger partial charge in [-0.15, -0.1) is 0 Å². The molecule has 0 bridgehead atoms. The van der Waals surface area contributed by atoms with Gasteiger partial charge in [0.25, 0.3) is 0 Å². The third-order valence-electron chi connectivity index (χ3n) is 5.14. The monoisotopic (exact) mass is 469 g/mol. The van der Waals surface area contributed by atoms with Crippen molar-refractivity contribution in [3.8, 4) is 0 Å². The Morgan fingerprint density at radius 2 is 1.81 bits per heavy atom. The second kappa shape index (κ2) is 8.40. The normalized spacial score (nSPS) is 11.9. The average molecular weight is 470 g/mol. The van der Waals surface area contributed by atoms with Crippen LogP contribution < -0.4 is 14.5 Å². The first-order valence-corrected chi connectivity index (χ1v) is 12.7. The van der Waals surface area contributed by atoms with Crippen molar-refractivity contribution in [2.45, 2.75) is 19.9 Å². The highest BCUT2D eigenvalue weighted by molar-refractivity contribution is 7.92. The van der Waals surface area contributed by atoms with Crippen LogP contribution in [0.5, 0.6) is 0 Å². The van der Waals surface area contributed by atoms with Gasteiger partial charge in [-0.25, -0.2) is 8.42 Å². The molecule has 1 amide bonds. The maximum absolute atomic E-state index is 12.8. The van der Waals surface area contributed by atoms with Crippen LogP contribution >= 0.6 is 11.3 Å². The number of nitrogens with zero attached hydrogens (tertiary/aromatic N) is 2. The summed E-state index contributed by atoms with van der Waals surface area (Å²) in [5.74, 6) is -0.474. The van der Waals surface area contributed by atoms with E-state index in [1.54, 1.807) is 34.9 Å². The van der Waals surface area contributed by atoms with Gasteiger partial charge in [-0.2, -0.15) is 0 Å². The van der Waals surface area contributed by atoms with Gasteiger partial charge in [-0.1, -0.05) is 47.7 Å². The average Bonchev–Trinajstić information content (AvgIpc) is 3.06. The fourth-order valence-corrected chi connectivity index (χ4v) is 5.66. The van der Waals surface area contributed by atoms with Crippen molar-refractivity contribution < 1.29 is 13.2 Å². The van der Waals surface area contributed by atoms with E-state index in [4.69, 9.17) is 0 Å². The highest BCUT2D eigenvalue weighted by Crippen LogP contribution is 2.29. The first-order chi connectivity index (χ1) is 15.1. The fraction of sp³-hybridized carbons (Fsp3) is 0.217. The quantitative estimate of drug-likeness (QED) is 0.458. The molecule has 0 spiro atoms. The molecule has 0 aliphatic rings. The summed E-state index contributed by atoms with van der Waals surface area (Å²) in [6.07, 6.45) is 1.08. The zero-order valence-corrected chi connectivity index (χ0v) is 19.5. The Bertz CT molecular complexity index is 1480. The molecule has 0 fully saturated rings. The minimum atomic E-state index is -3.71. The number of anilines is 2. The third-order valence-corrected chi connectivity index (χ3v) is 7.18. The summed E-state index contributed by atoms with van der Waals surface area (Å²) >= 11 is 1.11. The van der Waals surface area contributed by atoms with Crippen molar-refractivity contribution in [2.75, 3.05) is 22.4 Å². The van der Waals surface area contributed by atoms with Crippen LogP contribution in [0, 0.1) is 0 Å². The minimum Gasteiger partial charge on any atom is -0.324 e. The largest absolute Gasteiger partial charge is 0.324 e. The Labute approximate surface area is 190 Å². The molecule has 1 heterocycles. The molecule has 0 radical (unpaired) electrons. The van der Waals surface area contributed by atoms with Gasteiger partial charge in [0, 0.05) is 17.1 Å². The number of carbonyl (C=O) groups excluding carboxylic acids is 1. The number of carbonyl (C=O) groups is 1. The summed E-state index contributed by atoms with van der Waals surface area (Å²) in [5.41, 5.74) is 1.76. The highest BCUT2D eigenvalue weighted by Gasteiger charge is 2.23. The van der Waals surface area contributed by atoms with E-state index in [0.29, 0.717) is 11.4 Å². The zero-order valence-electron chi connectivity index (χ0n) is 17.9. The van der Waals surface area contributed by atoms with Gasteiger partial charge >= 0.3 is 4.87 Å². The Balaban J connectivity index is 1.63. The molecule has 9 heteroatoms. The topological polar surface area (TPSA) is 88.5 Å². The fourth-order valence-electron chi connectivity index (χ4n) is 3.74. The minimum absolute atomic E-state index is 0.0284. The molecule has 0 saturated heterocycles. The first-order valence-electron chi connectivity index (χ1n) is 10.1. The van der Waals surface area contributed by atoms with E-state index < -0.39 is 15.9 Å². The summed E-state index contributed by atoms with van der Waals surface area (Å²) in [5, 5.41) is 4.39. The highest BCUT2D eigenvalue weighted by atomic mass is 32.2. The summed E-state index contributed by atoms with van der Waals surface area (Å²) < 4.78 is 28.7. The number of nitrogens with one attached hydrogen (secondary N) is 1. The van der Waals surface area contributed by atoms with Crippen LogP contribution in [-0.4, -0.2) is 31.7 Å². The number of aromatic nitrogens is 1. The molecule has 32 heavy (non-hydrogen) atoms. The molecule has 1 aromatic heterocycles. The van der Waals surface area contributed by atoms with E-state index in [9.17, 15) is 18.0 Å². The Kier molecular flexibility index (Phi) is 5.79. The molecule has 0 atom stereocenters. The van der Waals surface area contributed by atoms with Crippen LogP contribution in [0.4, 0.5) is 11.4 Å². The number of hydrogen-bond acceptors (Lipinski definition) is 5. The van der Waals surface area contributed by atoms with Crippen molar-refractivity contribution in [2.24, 2.45) is 0 Å². The molecule has 1 N–H and O–H groups in total. The Morgan fingerprint density at radius 1 is 1.09 bits per heavy atom. The van der Waals surface area contributed by atoms with E-state index in [1.165, 1.54) is 0 Å². The van der Waals surface area contributed by atoms with Gasteiger partial charge in [-0.3, -0.25) is 18.5 Å². The van der Waals surface area contributed by atoms with E-state index >= 15 is 0 Å². The summed E-state index contributed by atoms with van der Waals surface area (Å²) in [6, 6.07) is 18.1.